The van der Waals surface area contributed by atoms with Crippen LogP contribution in [0.4, 0.5) is 0 Å². The molecule has 10 heteroatoms. The Hall–Kier alpha value is -1.30. The highest BCUT2D eigenvalue weighted by molar-refractivity contribution is 5.91. The van der Waals surface area contributed by atoms with E-state index in [0.29, 0.717) is 0 Å². The quantitative estimate of drug-likeness (QED) is 0.469. The molecule has 3 aliphatic rings. The molecule has 0 bridgehead atoms. The standard InChI is InChI=1S/C15H22O10/c1-3-19-9(17)4-10(18)20-6-11-23-14-13-12(25-15(14)24-11)8(5-16)21-7(2)22-13/h7-8,11-16H,3-6H2,1-2H3. The molecule has 0 saturated carbocycles. The van der Waals surface area contributed by atoms with Gasteiger partial charge in [0.15, 0.2) is 18.9 Å². The maximum atomic E-state index is 11.6. The average molecular weight is 362 g/mol. The van der Waals surface area contributed by atoms with E-state index in [9.17, 15) is 14.7 Å². The zero-order chi connectivity index (χ0) is 18.0. The van der Waals surface area contributed by atoms with Crippen LogP contribution in [0.1, 0.15) is 20.3 Å². The van der Waals surface area contributed by atoms with Gasteiger partial charge >= 0.3 is 11.9 Å². The van der Waals surface area contributed by atoms with Crippen LogP contribution < -0.4 is 0 Å². The Balaban J connectivity index is 1.47. The second-order valence-electron chi connectivity index (χ2n) is 5.83. The van der Waals surface area contributed by atoms with E-state index in [2.05, 4.69) is 4.74 Å². The van der Waals surface area contributed by atoms with Gasteiger partial charge in [-0.25, -0.2) is 0 Å². The predicted molar refractivity (Wildman–Crippen MR) is 76.9 cm³/mol. The van der Waals surface area contributed by atoms with Crippen molar-refractivity contribution in [3.63, 3.8) is 0 Å². The molecule has 0 aromatic heterocycles. The van der Waals surface area contributed by atoms with Crippen molar-refractivity contribution in [2.24, 2.45) is 0 Å². The molecule has 3 saturated heterocycles. The van der Waals surface area contributed by atoms with Crippen LogP contribution in [0.25, 0.3) is 0 Å². The largest absolute Gasteiger partial charge is 0.466 e. The SMILES string of the molecule is CCOC(=O)CC(=O)OCC1OC2OC3C(CO)OC(C)OC3C2O1. The summed E-state index contributed by atoms with van der Waals surface area (Å²) in [7, 11) is 0. The third kappa shape index (κ3) is 4.10. The van der Waals surface area contributed by atoms with Crippen molar-refractivity contribution in [1.29, 1.82) is 0 Å². The molecule has 0 aromatic carbocycles. The number of fused-ring (bicyclic) bond motifs is 3. The van der Waals surface area contributed by atoms with Crippen molar-refractivity contribution in [3.8, 4) is 0 Å². The molecule has 3 aliphatic heterocycles. The molecule has 3 fully saturated rings. The molecule has 0 amide bonds. The van der Waals surface area contributed by atoms with Crippen molar-refractivity contribution in [1.82, 2.24) is 0 Å². The first-order valence-corrected chi connectivity index (χ1v) is 8.21. The fraction of sp³-hybridized carbons (Fsp3) is 0.867. The number of carbonyl (C=O) groups is 2. The Morgan fingerprint density at radius 2 is 1.72 bits per heavy atom. The highest BCUT2D eigenvalue weighted by Gasteiger charge is 2.57. The molecule has 25 heavy (non-hydrogen) atoms. The summed E-state index contributed by atoms with van der Waals surface area (Å²) in [5, 5.41) is 9.39. The minimum absolute atomic E-state index is 0.179. The molecule has 3 rings (SSSR count). The molecule has 0 spiro atoms. The average Bonchev–Trinajstić information content (AvgIpc) is 3.10. The van der Waals surface area contributed by atoms with Crippen LogP contribution >= 0.6 is 0 Å². The summed E-state index contributed by atoms with van der Waals surface area (Å²) in [5.74, 6) is -1.37. The Morgan fingerprint density at radius 1 is 0.960 bits per heavy atom. The molecule has 0 radical (unpaired) electrons. The Bertz CT molecular complexity index is 497. The minimum Gasteiger partial charge on any atom is -0.466 e. The van der Waals surface area contributed by atoms with Gasteiger partial charge in [-0.05, 0) is 13.8 Å². The summed E-state index contributed by atoms with van der Waals surface area (Å²) >= 11 is 0. The van der Waals surface area contributed by atoms with Crippen molar-refractivity contribution in [3.05, 3.63) is 0 Å². The molecule has 7 atom stereocenters. The van der Waals surface area contributed by atoms with Crippen LogP contribution in [0, 0.1) is 0 Å². The van der Waals surface area contributed by atoms with Crippen molar-refractivity contribution in [2.75, 3.05) is 19.8 Å². The normalized spacial score (nSPS) is 39.6. The first kappa shape index (κ1) is 18.5. The Labute approximate surface area is 144 Å². The number of aliphatic hydroxyl groups is 1. The molecule has 0 aliphatic carbocycles. The first-order valence-electron chi connectivity index (χ1n) is 8.21. The summed E-state index contributed by atoms with van der Waals surface area (Å²) in [5.41, 5.74) is 0. The van der Waals surface area contributed by atoms with E-state index in [1.807, 2.05) is 0 Å². The van der Waals surface area contributed by atoms with Crippen LogP contribution in [0.15, 0.2) is 0 Å². The third-order valence-corrected chi connectivity index (χ3v) is 4.04. The highest BCUT2D eigenvalue weighted by Crippen LogP contribution is 2.39. The molecule has 1 N–H and O–H groups in total. The summed E-state index contributed by atoms with van der Waals surface area (Å²) in [4.78, 5) is 22.8. The second-order valence-corrected chi connectivity index (χ2v) is 5.83. The number of rotatable bonds is 6. The number of hydrogen-bond donors (Lipinski definition) is 1. The van der Waals surface area contributed by atoms with Gasteiger partial charge in [0.05, 0.1) is 13.2 Å². The summed E-state index contributed by atoms with van der Waals surface area (Å²) in [6.45, 7) is 3.18. The number of aliphatic hydroxyl groups excluding tert-OH is 1. The van der Waals surface area contributed by atoms with E-state index in [1.54, 1.807) is 13.8 Å². The van der Waals surface area contributed by atoms with Crippen molar-refractivity contribution < 1.29 is 47.9 Å². The molecule has 10 nitrogen and oxygen atoms in total. The van der Waals surface area contributed by atoms with Gasteiger partial charge in [0.2, 0.25) is 0 Å². The minimum atomic E-state index is -0.823. The van der Waals surface area contributed by atoms with E-state index in [1.165, 1.54) is 0 Å². The number of carbonyl (C=O) groups excluding carboxylic acids is 2. The third-order valence-electron chi connectivity index (χ3n) is 4.04. The molecular formula is C15H22O10. The van der Waals surface area contributed by atoms with Gasteiger partial charge < -0.3 is 38.3 Å². The lowest BCUT2D eigenvalue weighted by Crippen LogP contribution is -2.52. The van der Waals surface area contributed by atoms with Crippen LogP contribution in [0.2, 0.25) is 0 Å². The van der Waals surface area contributed by atoms with E-state index in [0.717, 1.165) is 0 Å². The van der Waals surface area contributed by atoms with E-state index >= 15 is 0 Å². The Kier molecular flexibility index (Phi) is 5.87. The molecule has 7 unspecified atom stereocenters. The molecule has 0 aromatic rings. The summed E-state index contributed by atoms with van der Waals surface area (Å²) in [6, 6.07) is 0. The monoisotopic (exact) mass is 362 g/mol. The van der Waals surface area contributed by atoms with Crippen molar-refractivity contribution in [2.45, 2.75) is 63.6 Å². The summed E-state index contributed by atoms with van der Waals surface area (Å²) in [6.07, 6.45) is -4.49. The zero-order valence-electron chi connectivity index (χ0n) is 14.0. The fourth-order valence-corrected chi connectivity index (χ4v) is 3.06. The molecule has 3 heterocycles. The zero-order valence-corrected chi connectivity index (χ0v) is 14.0. The molecular weight excluding hydrogens is 340 g/mol. The lowest BCUT2D eigenvalue weighted by atomic mass is 10.0. The van der Waals surface area contributed by atoms with Gasteiger partial charge in [-0.15, -0.1) is 0 Å². The van der Waals surface area contributed by atoms with Gasteiger partial charge in [-0.1, -0.05) is 0 Å². The number of ether oxygens (including phenoxy) is 7. The van der Waals surface area contributed by atoms with E-state index in [4.69, 9.17) is 28.4 Å². The smallest absolute Gasteiger partial charge is 0.317 e. The van der Waals surface area contributed by atoms with Crippen LogP contribution in [0.3, 0.4) is 0 Å². The first-order chi connectivity index (χ1) is 12.0. The maximum absolute atomic E-state index is 11.6. The van der Waals surface area contributed by atoms with Gasteiger partial charge in [0, 0.05) is 0 Å². The molecule has 142 valence electrons. The number of hydrogen-bond acceptors (Lipinski definition) is 10. The van der Waals surface area contributed by atoms with E-state index in [-0.39, 0.29) is 19.8 Å². The Morgan fingerprint density at radius 3 is 2.44 bits per heavy atom. The lowest BCUT2D eigenvalue weighted by molar-refractivity contribution is -0.296. The van der Waals surface area contributed by atoms with Gasteiger partial charge in [-0.3, -0.25) is 9.59 Å². The highest BCUT2D eigenvalue weighted by atomic mass is 16.9. The lowest BCUT2D eigenvalue weighted by Gasteiger charge is -2.37. The number of esters is 2. The van der Waals surface area contributed by atoms with Crippen LogP contribution in [-0.2, 0) is 42.7 Å². The van der Waals surface area contributed by atoms with Gasteiger partial charge in [-0.2, -0.15) is 0 Å². The van der Waals surface area contributed by atoms with Crippen LogP contribution in [0.5, 0.6) is 0 Å². The van der Waals surface area contributed by atoms with Gasteiger partial charge in [0.25, 0.3) is 0 Å². The fourth-order valence-electron chi connectivity index (χ4n) is 3.06. The second kappa shape index (κ2) is 7.94. The van der Waals surface area contributed by atoms with Crippen molar-refractivity contribution >= 4 is 11.9 Å². The maximum Gasteiger partial charge on any atom is 0.317 e. The van der Waals surface area contributed by atoms with Crippen LogP contribution in [-0.4, -0.2) is 80.2 Å². The van der Waals surface area contributed by atoms with E-state index < -0.39 is 61.6 Å². The summed E-state index contributed by atoms with van der Waals surface area (Å²) < 4.78 is 37.7. The predicted octanol–water partition coefficient (Wildman–Crippen LogP) is -0.928. The topological polar surface area (TPSA) is 119 Å². The van der Waals surface area contributed by atoms with Gasteiger partial charge in [0.1, 0.15) is 37.4 Å².